The monoisotopic (exact) mass is 275 g/mol. The Labute approximate surface area is 121 Å². The van der Waals surface area contributed by atoms with Gasteiger partial charge in [0.1, 0.15) is 5.60 Å². The van der Waals surface area contributed by atoms with Gasteiger partial charge in [-0.15, -0.1) is 0 Å². The Kier molecular flexibility index (Phi) is 6.29. The molecule has 1 aromatic rings. The number of nitrogens with two attached hydrogens (primary N) is 1. The highest BCUT2D eigenvalue weighted by atomic mass is 16.6. The number of rotatable bonds is 7. The molecule has 110 valence electrons. The molecule has 0 saturated carbocycles. The van der Waals surface area contributed by atoms with E-state index in [1.54, 1.807) is 24.3 Å². The zero-order valence-corrected chi connectivity index (χ0v) is 12.7. The van der Waals surface area contributed by atoms with Gasteiger partial charge in [0.15, 0.2) is 0 Å². The summed E-state index contributed by atoms with van der Waals surface area (Å²) in [6.45, 7) is 5.94. The van der Waals surface area contributed by atoms with Gasteiger partial charge in [-0.3, -0.25) is 0 Å². The van der Waals surface area contributed by atoms with Crippen LogP contribution in [0.5, 0.6) is 0 Å². The summed E-state index contributed by atoms with van der Waals surface area (Å²) in [5.74, 6) is -0.288. The third-order valence-electron chi connectivity index (χ3n) is 3.15. The Morgan fingerprint density at radius 1 is 1.25 bits per heavy atom. The average molecular weight is 275 g/mol. The smallest absolute Gasteiger partial charge is 0.338 e. The summed E-state index contributed by atoms with van der Waals surface area (Å²) >= 11 is 0. The summed E-state index contributed by atoms with van der Waals surface area (Å²) in [5.41, 5.74) is 6.35. The van der Waals surface area contributed by atoms with E-state index in [0.717, 1.165) is 25.7 Å². The summed E-state index contributed by atoms with van der Waals surface area (Å²) in [6.07, 6.45) is 8.34. The second-order valence-electron chi connectivity index (χ2n) is 5.59. The van der Waals surface area contributed by atoms with E-state index in [9.17, 15) is 4.79 Å². The van der Waals surface area contributed by atoms with Gasteiger partial charge in [-0.25, -0.2) is 4.79 Å². The molecule has 0 aliphatic rings. The van der Waals surface area contributed by atoms with Crippen LogP contribution in [0.25, 0.3) is 0 Å². The van der Waals surface area contributed by atoms with Crippen molar-refractivity contribution in [1.82, 2.24) is 0 Å². The number of ether oxygens (including phenoxy) is 1. The predicted octanol–water partition coefficient (Wildman–Crippen LogP) is 4.34. The standard InChI is InChI=1S/C17H25NO2/c1-4-5-6-7-8-13-17(2,3)20-16(19)14-9-11-15(18)12-10-14/h4-5,9-12H,6-8,13,18H2,1-3H3. The number of esters is 1. The Morgan fingerprint density at radius 3 is 2.50 bits per heavy atom. The quantitative estimate of drug-likeness (QED) is 0.348. The molecule has 0 fully saturated rings. The van der Waals surface area contributed by atoms with Gasteiger partial charge in [0.2, 0.25) is 0 Å². The number of nitrogen functional groups attached to an aromatic ring is 1. The van der Waals surface area contributed by atoms with Crippen molar-refractivity contribution in [1.29, 1.82) is 0 Å². The molecule has 0 amide bonds. The molecule has 0 radical (unpaired) electrons. The molecule has 0 aliphatic carbocycles. The molecule has 20 heavy (non-hydrogen) atoms. The van der Waals surface area contributed by atoms with Crippen LogP contribution in [-0.4, -0.2) is 11.6 Å². The second kappa shape index (κ2) is 7.73. The minimum Gasteiger partial charge on any atom is -0.456 e. The van der Waals surface area contributed by atoms with E-state index >= 15 is 0 Å². The minimum atomic E-state index is -0.436. The van der Waals surface area contributed by atoms with Crippen LogP contribution < -0.4 is 5.73 Å². The molecule has 0 saturated heterocycles. The van der Waals surface area contributed by atoms with Crippen LogP contribution in [0, 0.1) is 0 Å². The molecule has 0 bridgehead atoms. The summed E-state index contributed by atoms with van der Waals surface area (Å²) < 4.78 is 5.57. The zero-order chi connectivity index (χ0) is 15.0. The van der Waals surface area contributed by atoms with Gasteiger partial charge in [0.25, 0.3) is 0 Å². The first-order chi connectivity index (χ1) is 9.44. The van der Waals surface area contributed by atoms with Crippen molar-refractivity contribution in [2.75, 3.05) is 5.73 Å². The lowest BCUT2D eigenvalue weighted by molar-refractivity contribution is -0.00541. The zero-order valence-electron chi connectivity index (χ0n) is 12.7. The molecule has 0 aromatic heterocycles. The number of anilines is 1. The van der Waals surface area contributed by atoms with E-state index in [2.05, 4.69) is 12.2 Å². The molecule has 0 spiro atoms. The fourth-order valence-corrected chi connectivity index (χ4v) is 1.96. The average Bonchev–Trinajstić information content (AvgIpc) is 2.38. The van der Waals surface area contributed by atoms with E-state index in [4.69, 9.17) is 10.5 Å². The first-order valence-corrected chi connectivity index (χ1v) is 7.14. The van der Waals surface area contributed by atoms with Crippen molar-refractivity contribution >= 4 is 11.7 Å². The van der Waals surface area contributed by atoms with E-state index in [1.807, 2.05) is 20.8 Å². The minimum absolute atomic E-state index is 0.288. The van der Waals surface area contributed by atoms with Crippen LogP contribution in [0.4, 0.5) is 5.69 Å². The highest BCUT2D eigenvalue weighted by Gasteiger charge is 2.23. The van der Waals surface area contributed by atoms with Gasteiger partial charge in [-0.1, -0.05) is 12.2 Å². The molecule has 1 aromatic carbocycles. The van der Waals surface area contributed by atoms with Crippen molar-refractivity contribution in [2.45, 2.75) is 52.1 Å². The molecular formula is C17H25NO2. The van der Waals surface area contributed by atoms with Crippen molar-refractivity contribution in [3.63, 3.8) is 0 Å². The van der Waals surface area contributed by atoms with Crippen molar-refractivity contribution in [3.8, 4) is 0 Å². The van der Waals surface area contributed by atoms with Crippen LogP contribution in [0.1, 0.15) is 56.8 Å². The molecule has 0 atom stereocenters. The molecule has 2 N–H and O–H groups in total. The Hall–Kier alpha value is -1.77. The summed E-state index contributed by atoms with van der Waals surface area (Å²) in [4.78, 5) is 12.0. The van der Waals surface area contributed by atoms with Crippen LogP contribution >= 0.6 is 0 Å². The van der Waals surface area contributed by atoms with Crippen molar-refractivity contribution in [2.24, 2.45) is 0 Å². The lowest BCUT2D eigenvalue weighted by Crippen LogP contribution is -2.28. The highest BCUT2D eigenvalue weighted by Crippen LogP contribution is 2.21. The molecule has 0 unspecified atom stereocenters. The maximum absolute atomic E-state index is 12.0. The van der Waals surface area contributed by atoms with Gasteiger partial charge in [0, 0.05) is 5.69 Å². The lowest BCUT2D eigenvalue weighted by atomic mass is 10.00. The van der Waals surface area contributed by atoms with Gasteiger partial charge in [-0.05, 0) is 70.7 Å². The fraction of sp³-hybridized carbons (Fsp3) is 0.471. The topological polar surface area (TPSA) is 52.3 Å². The van der Waals surface area contributed by atoms with Crippen LogP contribution in [0.3, 0.4) is 0 Å². The number of allylic oxidation sites excluding steroid dienone is 2. The largest absolute Gasteiger partial charge is 0.456 e. The Morgan fingerprint density at radius 2 is 1.90 bits per heavy atom. The van der Waals surface area contributed by atoms with Gasteiger partial charge >= 0.3 is 5.97 Å². The van der Waals surface area contributed by atoms with Gasteiger partial charge < -0.3 is 10.5 Å². The fourth-order valence-electron chi connectivity index (χ4n) is 1.96. The first-order valence-electron chi connectivity index (χ1n) is 7.14. The van der Waals surface area contributed by atoms with Crippen molar-refractivity contribution in [3.05, 3.63) is 42.0 Å². The van der Waals surface area contributed by atoms with Crippen molar-refractivity contribution < 1.29 is 9.53 Å². The third kappa shape index (κ3) is 5.91. The molecule has 1 rings (SSSR count). The van der Waals surface area contributed by atoms with E-state index < -0.39 is 5.60 Å². The van der Waals surface area contributed by atoms with Crippen LogP contribution in [-0.2, 0) is 4.74 Å². The van der Waals surface area contributed by atoms with Crippen LogP contribution in [0.15, 0.2) is 36.4 Å². The molecule has 3 nitrogen and oxygen atoms in total. The summed E-state index contributed by atoms with van der Waals surface area (Å²) in [5, 5.41) is 0. The van der Waals surface area contributed by atoms with E-state index in [-0.39, 0.29) is 5.97 Å². The van der Waals surface area contributed by atoms with Gasteiger partial charge in [0.05, 0.1) is 5.56 Å². The SMILES string of the molecule is CC=CCCCCC(C)(C)OC(=O)c1ccc(N)cc1. The molecule has 3 heteroatoms. The number of unbranched alkanes of at least 4 members (excludes halogenated alkanes) is 2. The Bertz CT molecular complexity index is 447. The number of benzene rings is 1. The summed E-state index contributed by atoms with van der Waals surface area (Å²) in [6, 6.07) is 6.81. The number of carbonyl (C=O) groups is 1. The number of carbonyl (C=O) groups excluding carboxylic acids is 1. The summed E-state index contributed by atoms with van der Waals surface area (Å²) in [7, 11) is 0. The normalized spacial score (nSPS) is 11.8. The predicted molar refractivity (Wildman–Crippen MR) is 83.6 cm³/mol. The molecular weight excluding hydrogens is 250 g/mol. The maximum Gasteiger partial charge on any atom is 0.338 e. The van der Waals surface area contributed by atoms with Crippen LogP contribution in [0.2, 0.25) is 0 Å². The van der Waals surface area contributed by atoms with E-state index in [1.165, 1.54) is 0 Å². The molecule has 0 aliphatic heterocycles. The lowest BCUT2D eigenvalue weighted by Gasteiger charge is -2.25. The highest BCUT2D eigenvalue weighted by molar-refractivity contribution is 5.90. The van der Waals surface area contributed by atoms with E-state index in [0.29, 0.717) is 11.3 Å². The second-order valence-corrected chi connectivity index (χ2v) is 5.59. The Balaban J connectivity index is 2.44. The van der Waals surface area contributed by atoms with Gasteiger partial charge in [-0.2, -0.15) is 0 Å². The maximum atomic E-state index is 12.0. The molecule has 0 heterocycles. The third-order valence-corrected chi connectivity index (χ3v) is 3.15. The first kappa shape index (κ1) is 16.3. The number of hydrogen-bond acceptors (Lipinski definition) is 3. The number of hydrogen-bond donors (Lipinski definition) is 1.